The van der Waals surface area contributed by atoms with E-state index in [-0.39, 0.29) is 5.41 Å². The summed E-state index contributed by atoms with van der Waals surface area (Å²) < 4.78 is 0. The third-order valence-electron chi connectivity index (χ3n) is 2.27. The largest absolute Gasteiger partial charge is 0.398 e. The SMILES string of the molecule is CC(C)(C#N)CCSc1ccc(N)c(Cl)c1. The van der Waals surface area contributed by atoms with Gasteiger partial charge in [0.1, 0.15) is 0 Å². The lowest BCUT2D eigenvalue weighted by atomic mass is 9.93. The fourth-order valence-corrected chi connectivity index (χ4v) is 2.54. The number of nitrogens with two attached hydrogens (primary N) is 1. The van der Waals surface area contributed by atoms with Crippen molar-refractivity contribution in [1.82, 2.24) is 0 Å². The first kappa shape index (κ1) is 13.2. The number of nitrogens with zero attached hydrogens (tertiary/aromatic N) is 1. The Labute approximate surface area is 106 Å². The van der Waals surface area contributed by atoms with Crippen molar-refractivity contribution in [2.75, 3.05) is 11.5 Å². The summed E-state index contributed by atoms with van der Waals surface area (Å²) in [5.41, 5.74) is 5.96. The average Bonchev–Trinajstić information content (AvgIpc) is 2.23. The van der Waals surface area contributed by atoms with Crippen LogP contribution in [0.15, 0.2) is 23.1 Å². The van der Waals surface area contributed by atoms with E-state index in [4.69, 9.17) is 22.6 Å². The number of nitriles is 1. The Hall–Kier alpha value is -0.850. The van der Waals surface area contributed by atoms with E-state index in [1.807, 2.05) is 26.0 Å². The Bertz CT molecular complexity index is 410. The molecular weight excluding hydrogens is 240 g/mol. The third kappa shape index (κ3) is 3.96. The predicted molar refractivity (Wildman–Crippen MR) is 70.6 cm³/mol. The van der Waals surface area contributed by atoms with Gasteiger partial charge in [0.2, 0.25) is 0 Å². The van der Waals surface area contributed by atoms with Crippen LogP contribution in [-0.4, -0.2) is 5.75 Å². The molecule has 0 radical (unpaired) electrons. The lowest BCUT2D eigenvalue weighted by molar-refractivity contribution is 0.482. The molecule has 0 aromatic heterocycles. The van der Waals surface area contributed by atoms with Crippen molar-refractivity contribution >= 4 is 29.1 Å². The summed E-state index contributed by atoms with van der Waals surface area (Å²) >= 11 is 7.61. The fourth-order valence-electron chi connectivity index (χ4n) is 1.08. The second-order valence-corrected chi connectivity index (χ2v) is 5.85. The minimum Gasteiger partial charge on any atom is -0.398 e. The molecule has 0 fully saturated rings. The zero-order valence-electron chi connectivity index (χ0n) is 9.46. The molecule has 2 nitrogen and oxygen atoms in total. The number of halogens is 1. The van der Waals surface area contributed by atoms with Gasteiger partial charge in [0.25, 0.3) is 0 Å². The molecule has 0 atom stereocenters. The van der Waals surface area contributed by atoms with Crippen LogP contribution >= 0.6 is 23.4 Å². The lowest BCUT2D eigenvalue weighted by Crippen LogP contribution is -2.08. The number of anilines is 1. The molecule has 0 aliphatic carbocycles. The molecular formula is C12H15ClN2S. The summed E-state index contributed by atoms with van der Waals surface area (Å²) in [7, 11) is 0. The van der Waals surface area contributed by atoms with Gasteiger partial charge in [-0.05, 0) is 44.2 Å². The van der Waals surface area contributed by atoms with Gasteiger partial charge in [0.05, 0.1) is 22.2 Å². The molecule has 1 aromatic rings. The molecule has 16 heavy (non-hydrogen) atoms. The van der Waals surface area contributed by atoms with Crippen LogP contribution in [0.25, 0.3) is 0 Å². The molecule has 0 saturated heterocycles. The van der Waals surface area contributed by atoms with Gasteiger partial charge in [0.15, 0.2) is 0 Å². The first-order valence-electron chi connectivity index (χ1n) is 5.04. The van der Waals surface area contributed by atoms with Gasteiger partial charge in [-0.3, -0.25) is 0 Å². The van der Waals surface area contributed by atoms with Crippen molar-refractivity contribution in [2.24, 2.45) is 5.41 Å². The molecule has 1 rings (SSSR count). The number of benzene rings is 1. The van der Waals surface area contributed by atoms with E-state index >= 15 is 0 Å². The summed E-state index contributed by atoms with van der Waals surface area (Å²) in [5.74, 6) is 0.904. The van der Waals surface area contributed by atoms with E-state index in [0.29, 0.717) is 10.7 Å². The number of hydrogen-bond acceptors (Lipinski definition) is 3. The second-order valence-electron chi connectivity index (χ2n) is 4.28. The maximum atomic E-state index is 8.87. The lowest BCUT2D eigenvalue weighted by Gasteiger charge is -2.14. The Morgan fingerprint density at radius 3 is 2.75 bits per heavy atom. The van der Waals surface area contributed by atoms with E-state index in [1.165, 1.54) is 0 Å². The zero-order valence-corrected chi connectivity index (χ0v) is 11.0. The van der Waals surface area contributed by atoms with Crippen LogP contribution in [0.4, 0.5) is 5.69 Å². The van der Waals surface area contributed by atoms with E-state index in [9.17, 15) is 0 Å². The van der Waals surface area contributed by atoms with Crippen LogP contribution in [0.5, 0.6) is 0 Å². The summed E-state index contributed by atoms with van der Waals surface area (Å²) in [6.07, 6.45) is 0.857. The maximum absolute atomic E-state index is 8.87. The number of nitrogen functional groups attached to an aromatic ring is 1. The normalized spacial score (nSPS) is 11.1. The highest BCUT2D eigenvalue weighted by molar-refractivity contribution is 7.99. The molecule has 0 bridgehead atoms. The number of rotatable bonds is 4. The summed E-state index contributed by atoms with van der Waals surface area (Å²) in [5, 5.41) is 9.46. The summed E-state index contributed by atoms with van der Waals surface area (Å²) in [4.78, 5) is 1.09. The van der Waals surface area contributed by atoms with Gasteiger partial charge in [-0.2, -0.15) is 5.26 Å². The monoisotopic (exact) mass is 254 g/mol. The van der Waals surface area contributed by atoms with Crippen molar-refractivity contribution in [3.63, 3.8) is 0 Å². The third-order valence-corrected chi connectivity index (χ3v) is 3.59. The van der Waals surface area contributed by atoms with Crippen LogP contribution < -0.4 is 5.73 Å². The van der Waals surface area contributed by atoms with Gasteiger partial charge < -0.3 is 5.73 Å². The van der Waals surface area contributed by atoms with Crippen molar-refractivity contribution in [3.05, 3.63) is 23.2 Å². The fraction of sp³-hybridized carbons (Fsp3) is 0.417. The Balaban J connectivity index is 2.50. The molecule has 1 aromatic carbocycles. The van der Waals surface area contributed by atoms with E-state index in [1.54, 1.807) is 17.8 Å². The molecule has 2 N–H and O–H groups in total. The molecule has 0 spiro atoms. The maximum Gasteiger partial charge on any atom is 0.0684 e. The predicted octanol–water partition coefficient (Wildman–Crippen LogP) is 3.95. The van der Waals surface area contributed by atoms with Crippen molar-refractivity contribution in [2.45, 2.75) is 25.2 Å². The van der Waals surface area contributed by atoms with Gasteiger partial charge in [0, 0.05) is 4.90 Å². The first-order chi connectivity index (χ1) is 7.44. The molecule has 0 amide bonds. The van der Waals surface area contributed by atoms with Gasteiger partial charge >= 0.3 is 0 Å². The molecule has 0 unspecified atom stereocenters. The first-order valence-corrected chi connectivity index (χ1v) is 6.40. The van der Waals surface area contributed by atoms with E-state index in [0.717, 1.165) is 17.1 Å². The molecule has 0 heterocycles. The molecule has 4 heteroatoms. The van der Waals surface area contributed by atoms with Crippen LogP contribution in [-0.2, 0) is 0 Å². The number of thioether (sulfide) groups is 1. The molecule has 0 saturated carbocycles. The Morgan fingerprint density at radius 2 is 2.19 bits per heavy atom. The Kier molecular flexibility index (Phi) is 4.52. The standard InChI is InChI=1S/C12H15ClN2S/c1-12(2,8-14)5-6-16-9-3-4-11(15)10(13)7-9/h3-4,7H,5-6,15H2,1-2H3. The molecule has 0 aliphatic heterocycles. The van der Waals surface area contributed by atoms with Gasteiger partial charge in [-0.25, -0.2) is 0 Å². The van der Waals surface area contributed by atoms with Crippen molar-refractivity contribution in [1.29, 1.82) is 5.26 Å². The second kappa shape index (κ2) is 5.47. The van der Waals surface area contributed by atoms with Crippen LogP contribution in [0.1, 0.15) is 20.3 Å². The summed E-state index contributed by atoms with van der Waals surface area (Å²) in [6, 6.07) is 7.91. The van der Waals surface area contributed by atoms with Crippen LogP contribution in [0.3, 0.4) is 0 Å². The molecule has 86 valence electrons. The van der Waals surface area contributed by atoms with Crippen molar-refractivity contribution in [3.8, 4) is 6.07 Å². The van der Waals surface area contributed by atoms with E-state index in [2.05, 4.69) is 6.07 Å². The molecule has 0 aliphatic rings. The minimum atomic E-state index is -0.259. The van der Waals surface area contributed by atoms with Gasteiger partial charge in [-0.15, -0.1) is 11.8 Å². The zero-order chi connectivity index (χ0) is 12.2. The smallest absolute Gasteiger partial charge is 0.0684 e. The highest BCUT2D eigenvalue weighted by Crippen LogP contribution is 2.29. The minimum absolute atomic E-state index is 0.259. The topological polar surface area (TPSA) is 49.8 Å². The number of hydrogen-bond donors (Lipinski definition) is 1. The van der Waals surface area contributed by atoms with Crippen LogP contribution in [0, 0.1) is 16.7 Å². The van der Waals surface area contributed by atoms with Crippen LogP contribution in [0.2, 0.25) is 5.02 Å². The quantitative estimate of drug-likeness (QED) is 0.654. The Morgan fingerprint density at radius 1 is 1.50 bits per heavy atom. The average molecular weight is 255 g/mol. The van der Waals surface area contributed by atoms with E-state index < -0.39 is 0 Å². The summed E-state index contributed by atoms with van der Waals surface area (Å²) in [6.45, 7) is 3.90. The highest BCUT2D eigenvalue weighted by Gasteiger charge is 2.15. The van der Waals surface area contributed by atoms with Crippen molar-refractivity contribution < 1.29 is 0 Å². The highest BCUT2D eigenvalue weighted by atomic mass is 35.5. The van der Waals surface area contributed by atoms with Gasteiger partial charge in [-0.1, -0.05) is 11.6 Å².